The fourth-order valence-electron chi connectivity index (χ4n) is 2.00. The third kappa shape index (κ3) is 1.88. The molecule has 0 saturated heterocycles. The van der Waals surface area contributed by atoms with Gasteiger partial charge < -0.3 is 4.98 Å². The molecule has 84 valence electrons. The van der Waals surface area contributed by atoms with Crippen molar-refractivity contribution in [3.63, 3.8) is 0 Å². The SMILES string of the molecule is Clc1ccc2[nH]cc(-c3ccccc3Br)c2c1. The van der Waals surface area contributed by atoms with Crippen LogP contribution >= 0.6 is 27.5 Å². The summed E-state index contributed by atoms with van der Waals surface area (Å²) in [6, 6.07) is 14.1. The van der Waals surface area contributed by atoms with Gasteiger partial charge in [-0.3, -0.25) is 0 Å². The minimum absolute atomic E-state index is 0.755. The number of hydrogen-bond donors (Lipinski definition) is 1. The molecule has 3 aromatic rings. The molecule has 0 amide bonds. The molecule has 0 fully saturated rings. The van der Waals surface area contributed by atoms with Crippen LogP contribution in [0.2, 0.25) is 5.02 Å². The highest BCUT2D eigenvalue weighted by molar-refractivity contribution is 9.10. The molecular formula is C14H9BrClN. The van der Waals surface area contributed by atoms with Crippen molar-refractivity contribution in [1.29, 1.82) is 0 Å². The van der Waals surface area contributed by atoms with E-state index in [0.717, 1.165) is 26.0 Å². The van der Waals surface area contributed by atoms with Crippen LogP contribution in [0.15, 0.2) is 53.1 Å². The first-order valence-electron chi connectivity index (χ1n) is 5.27. The lowest BCUT2D eigenvalue weighted by Crippen LogP contribution is -1.77. The summed E-state index contributed by atoms with van der Waals surface area (Å²) in [4.78, 5) is 3.26. The standard InChI is InChI=1S/C14H9BrClN/c15-13-4-2-1-3-10(13)12-8-17-14-6-5-9(16)7-11(12)14/h1-8,17H. The fourth-order valence-corrected chi connectivity index (χ4v) is 2.67. The Bertz CT molecular complexity index is 688. The Morgan fingerprint density at radius 3 is 2.65 bits per heavy atom. The van der Waals surface area contributed by atoms with Gasteiger partial charge in [0.1, 0.15) is 0 Å². The van der Waals surface area contributed by atoms with Crippen LogP contribution in [0.5, 0.6) is 0 Å². The van der Waals surface area contributed by atoms with Gasteiger partial charge in [-0.05, 0) is 29.8 Å². The zero-order valence-electron chi connectivity index (χ0n) is 8.87. The number of nitrogens with one attached hydrogen (secondary N) is 1. The van der Waals surface area contributed by atoms with Gasteiger partial charge in [0.2, 0.25) is 0 Å². The Hall–Kier alpha value is -1.25. The average molecular weight is 307 g/mol. The van der Waals surface area contributed by atoms with Gasteiger partial charge >= 0.3 is 0 Å². The van der Waals surface area contributed by atoms with E-state index in [-0.39, 0.29) is 0 Å². The molecule has 17 heavy (non-hydrogen) atoms. The lowest BCUT2D eigenvalue weighted by molar-refractivity contribution is 1.47. The van der Waals surface area contributed by atoms with Crippen molar-refractivity contribution < 1.29 is 0 Å². The third-order valence-corrected chi connectivity index (χ3v) is 3.73. The number of aromatic amines is 1. The van der Waals surface area contributed by atoms with Crippen molar-refractivity contribution >= 4 is 38.4 Å². The molecule has 0 bridgehead atoms. The van der Waals surface area contributed by atoms with E-state index in [9.17, 15) is 0 Å². The second-order valence-corrected chi connectivity index (χ2v) is 5.16. The molecule has 0 saturated carbocycles. The van der Waals surface area contributed by atoms with Gasteiger partial charge in [0.25, 0.3) is 0 Å². The van der Waals surface area contributed by atoms with E-state index in [0.29, 0.717) is 0 Å². The molecular weight excluding hydrogens is 298 g/mol. The minimum atomic E-state index is 0.755. The summed E-state index contributed by atoms with van der Waals surface area (Å²) in [5.74, 6) is 0. The van der Waals surface area contributed by atoms with Crippen LogP contribution in [0, 0.1) is 0 Å². The van der Waals surface area contributed by atoms with Crippen molar-refractivity contribution in [2.24, 2.45) is 0 Å². The van der Waals surface area contributed by atoms with Crippen molar-refractivity contribution in [2.75, 3.05) is 0 Å². The number of halogens is 2. The molecule has 2 aromatic carbocycles. The molecule has 0 aliphatic carbocycles. The van der Waals surface area contributed by atoms with Gasteiger partial charge in [0, 0.05) is 32.2 Å². The lowest BCUT2D eigenvalue weighted by Gasteiger charge is -2.02. The van der Waals surface area contributed by atoms with E-state index in [4.69, 9.17) is 11.6 Å². The predicted octanol–water partition coefficient (Wildman–Crippen LogP) is 5.25. The molecule has 1 heterocycles. The lowest BCUT2D eigenvalue weighted by atomic mass is 10.1. The van der Waals surface area contributed by atoms with Crippen molar-refractivity contribution in [3.05, 3.63) is 58.2 Å². The predicted molar refractivity (Wildman–Crippen MR) is 76.4 cm³/mol. The second kappa shape index (κ2) is 4.21. The summed E-state index contributed by atoms with van der Waals surface area (Å²) in [6.07, 6.45) is 2.01. The van der Waals surface area contributed by atoms with Crippen molar-refractivity contribution in [2.45, 2.75) is 0 Å². The topological polar surface area (TPSA) is 15.8 Å². The van der Waals surface area contributed by atoms with E-state index in [1.807, 2.05) is 42.6 Å². The highest BCUT2D eigenvalue weighted by atomic mass is 79.9. The zero-order valence-corrected chi connectivity index (χ0v) is 11.2. The first-order chi connectivity index (χ1) is 8.25. The van der Waals surface area contributed by atoms with Gasteiger partial charge in [-0.2, -0.15) is 0 Å². The summed E-state index contributed by atoms with van der Waals surface area (Å²) >= 11 is 9.62. The minimum Gasteiger partial charge on any atom is -0.361 e. The van der Waals surface area contributed by atoms with Crippen LogP contribution in [0.4, 0.5) is 0 Å². The quantitative estimate of drug-likeness (QED) is 0.632. The number of H-pyrrole nitrogens is 1. The van der Waals surface area contributed by atoms with Crippen molar-refractivity contribution in [1.82, 2.24) is 4.98 Å². The first kappa shape index (κ1) is 10.9. The van der Waals surface area contributed by atoms with Crippen molar-refractivity contribution in [3.8, 4) is 11.1 Å². The summed E-state index contributed by atoms with van der Waals surface area (Å²) < 4.78 is 1.08. The number of benzene rings is 2. The van der Waals surface area contributed by atoms with E-state index < -0.39 is 0 Å². The summed E-state index contributed by atoms with van der Waals surface area (Å²) in [5.41, 5.74) is 3.43. The second-order valence-electron chi connectivity index (χ2n) is 3.87. The van der Waals surface area contributed by atoms with Gasteiger partial charge in [-0.1, -0.05) is 45.7 Å². The molecule has 3 heteroatoms. The third-order valence-electron chi connectivity index (χ3n) is 2.81. The Morgan fingerprint density at radius 2 is 1.82 bits per heavy atom. The van der Waals surface area contributed by atoms with Crippen LogP contribution in [-0.2, 0) is 0 Å². The van der Waals surface area contributed by atoms with Crippen LogP contribution in [0.1, 0.15) is 0 Å². The van der Waals surface area contributed by atoms with Crippen LogP contribution < -0.4 is 0 Å². The maximum atomic E-state index is 6.05. The smallest absolute Gasteiger partial charge is 0.0461 e. The highest BCUT2D eigenvalue weighted by Gasteiger charge is 2.08. The Morgan fingerprint density at radius 1 is 1.00 bits per heavy atom. The molecule has 3 rings (SSSR count). The van der Waals surface area contributed by atoms with E-state index in [1.54, 1.807) is 0 Å². The largest absolute Gasteiger partial charge is 0.361 e. The molecule has 0 aliphatic rings. The number of fused-ring (bicyclic) bond motifs is 1. The normalized spacial score (nSPS) is 10.9. The Balaban J connectivity index is 2.31. The molecule has 1 nitrogen and oxygen atoms in total. The monoisotopic (exact) mass is 305 g/mol. The number of rotatable bonds is 1. The molecule has 0 radical (unpaired) electrons. The average Bonchev–Trinajstić information content (AvgIpc) is 2.72. The maximum Gasteiger partial charge on any atom is 0.0461 e. The molecule has 1 N–H and O–H groups in total. The first-order valence-corrected chi connectivity index (χ1v) is 6.44. The van der Waals surface area contributed by atoms with Crippen LogP contribution in [0.25, 0.3) is 22.0 Å². The Kier molecular flexibility index (Phi) is 2.69. The van der Waals surface area contributed by atoms with E-state index >= 15 is 0 Å². The number of hydrogen-bond acceptors (Lipinski definition) is 0. The molecule has 0 aliphatic heterocycles. The molecule has 0 spiro atoms. The zero-order chi connectivity index (χ0) is 11.8. The van der Waals surface area contributed by atoms with Gasteiger partial charge in [0.05, 0.1) is 0 Å². The maximum absolute atomic E-state index is 6.05. The summed E-state index contributed by atoms with van der Waals surface area (Å²) in [6.45, 7) is 0. The number of aromatic nitrogens is 1. The van der Waals surface area contributed by atoms with Crippen LogP contribution in [0.3, 0.4) is 0 Å². The summed E-state index contributed by atoms with van der Waals surface area (Å²) in [7, 11) is 0. The van der Waals surface area contributed by atoms with Gasteiger partial charge in [-0.25, -0.2) is 0 Å². The highest BCUT2D eigenvalue weighted by Crippen LogP contribution is 2.34. The summed E-state index contributed by atoms with van der Waals surface area (Å²) in [5, 5.41) is 1.90. The molecule has 1 aromatic heterocycles. The fraction of sp³-hybridized carbons (Fsp3) is 0. The van der Waals surface area contributed by atoms with Gasteiger partial charge in [-0.15, -0.1) is 0 Å². The van der Waals surface area contributed by atoms with Crippen LogP contribution in [-0.4, -0.2) is 4.98 Å². The van der Waals surface area contributed by atoms with E-state index in [1.165, 1.54) is 5.56 Å². The Labute approximate surface area is 113 Å². The van der Waals surface area contributed by atoms with E-state index in [2.05, 4.69) is 27.0 Å². The van der Waals surface area contributed by atoms with Gasteiger partial charge in [0.15, 0.2) is 0 Å². The molecule has 0 unspecified atom stereocenters. The molecule has 0 atom stereocenters.